The van der Waals surface area contributed by atoms with Crippen LogP contribution in [0.5, 0.6) is 0 Å². The standard InChI is InChI=1S/C17H17NO3S/c1-5-21-17(20)13-12-8-9(2)6-7-18(12)14-10(3)15(11(4)19)22-16(13)14/h6-8H,5H2,1-4H3. The van der Waals surface area contributed by atoms with Crippen LogP contribution in [0.2, 0.25) is 0 Å². The van der Waals surface area contributed by atoms with Crippen molar-refractivity contribution in [2.75, 3.05) is 6.61 Å². The van der Waals surface area contributed by atoms with Crippen LogP contribution in [0.25, 0.3) is 15.7 Å². The Labute approximate surface area is 132 Å². The maximum absolute atomic E-state index is 12.4. The van der Waals surface area contributed by atoms with Gasteiger partial charge in [0, 0.05) is 6.20 Å². The first kappa shape index (κ1) is 14.8. The van der Waals surface area contributed by atoms with Crippen molar-refractivity contribution in [3.63, 3.8) is 0 Å². The van der Waals surface area contributed by atoms with E-state index >= 15 is 0 Å². The summed E-state index contributed by atoms with van der Waals surface area (Å²) >= 11 is 1.37. The minimum Gasteiger partial charge on any atom is -0.462 e. The van der Waals surface area contributed by atoms with Crippen LogP contribution >= 0.6 is 11.3 Å². The van der Waals surface area contributed by atoms with E-state index in [0.717, 1.165) is 26.9 Å². The molecule has 0 amide bonds. The summed E-state index contributed by atoms with van der Waals surface area (Å²) in [5, 5.41) is 0. The molecule has 0 bridgehead atoms. The number of aromatic nitrogens is 1. The molecular formula is C17H17NO3S. The molecule has 0 saturated heterocycles. The molecule has 3 rings (SSSR count). The molecule has 0 aliphatic carbocycles. The molecule has 3 heterocycles. The number of thiophene rings is 1. The topological polar surface area (TPSA) is 47.8 Å². The molecule has 0 saturated carbocycles. The second kappa shape index (κ2) is 5.25. The van der Waals surface area contributed by atoms with Crippen LogP contribution in [-0.2, 0) is 4.74 Å². The van der Waals surface area contributed by atoms with Gasteiger partial charge in [-0.3, -0.25) is 4.79 Å². The van der Waals surface area contributed by atoms with Gasteiger partial charge in [0.25, 0.3) is 0 Å². The van der Waals surface area contributed by atoms with Crippen molar-refractivity contribution >= 4 is 38.8 Å². The van der Waals surface area contributed by atoms with Crippen LogP contribution in [-0.4, -0.2) is 22.8 Å². The van der Waals surface area contributed by atoms with E-state index in [9.17, 15) is 9.59 Å². The van der Waals surface area contributed by atoms with Crippen LogP contribution in [0.3, 0.4) is 0 Å². The Morgan fingerprint density at radius 3 is 2.68 bits per heavy atom. The first-order chi connectivity index (χ1) is 10.5. The maximum Gasteiger partial charge on any atom is 0.341 e. The predicted molar refractivity (Wildman–Crippen MR) is 88.2 cm³/mol. The van der Waals surface area contributed by atoms with Gasteiger partial charge in [0.2, 0.25) is 0 Å². The summed E-state index contributed by atoms with van der Waals surface area (Å²) in [6.07, 6.45) is 1.94. The number of esters is 1. The second-order valence-corrected chi connectivity index (χ2v) is 6.37. The SMILES string of the molecule is CCOC(=O)c1c2sc(C(C)=O)c(C)c2n2ccc(C)cc12. The molecule has 5 heteroatoms. The quantitative estimate of drug-likeness (QED) is 0.539. The molecule has 0 aromatic carbocycles. The number of carbonyl (C=O) groups is 2. The number of fused-ring (bicyclic) bond motifs is 3. The number of hydrogen-bond acceptors (Lipinski definition) is 4. The minimum absolute atomic E-state index is 0.0226. The second-order valence-electron chi connectivity index (χ2n) is 5.34. The Morgan fingerprint density at radius 2 is 2.05 bits per heavy atom. The number of hydrogen-bond donors (Lipinski definition) is 0. The average molecular weight is 315 g/mol. The third kappa shape index (κ3) is 2.04. The normalized spacial score (nSPS) is 11.3. The number of ketones is 1. The Balaban J connectivity index is 2.46. The molecule has 0 spiro atoms. The molecule has 0 aliphatic heterocycles. The summed E-state index contributed by atoms with van der Waals surface area (Å²) in [6, 6.07) is 3.97. The largest absolute Gasteiger partial charge is 0.462 e. The number of rotatable bonds is 3. The number of nitrogens with zero attached hydrogens (tertiary/aromatic N) is 1. The lowest BCUT2D eigenvalue weighted by Crippen LogP contribution is -2.04. The summed E-state index contributed by atoms with van der Waals surface area (Å²) in [5.41, 5.74) is 4.31. The summed E-state index contributed by atoms with van der Waals surface area (Å²) in [7, 11) is 0. The zero-order valence-electron chi connectivity index (χ0n) is 13.0. The van der Waals surface area contributed by atoms with Crippen molar-refractivity contribution in [2.24, 2.45) is 0 Å². The third-order valence-corrected chi connectivity index (χ3v) is 5.15. The van der Waals surface area contributed by atoms with E-state index < -0.39 is 0 Å². The van der Waals surface area contributed by atoms with E-state index in [4.69, 9.17) is 4.74 Å². The molecule has 0 N–H and O–H groups in total. The van der Waals surface area contributed by atoms with Gasteiger partial charge < -0.3 is 9.14 Å². The summed E-state index contributed by atoms with van der Waals surface area (Å²) in [5.74, 6) is -0.314. The van der Waals surface area contributed by atoms with Gasteiger partial charge >= 0.3 is 5.97 Å². The number of Topliss-reactive ketones (excluding diaryl/α,β-unsaturated/α-hetero) is 1. The monoisotopic (exact) mass is 315 g/mol. The molecule has 22 heavy (non-hydrogen) atoms. The van der Waals surface area contributed by atoms with Crippen molar-refractivity contribution in [1.82, 2.24) is 4.40 Å². The van der Waals surface area contributed by atoms with Crippen molar-refractivity contribution in [3.8, 4) is 0 Å². The lowest BCUT2D eigenvalue weighted by molar-refractivity contribution is 0.0531. The van der Waals surface area contributed by atoms with Crippen molar-refractivity contribution < 1.29 is 14.3 Å². The molecule has 0 unspecified atom stereocenters. The zero-order valence-corrected chi connectivity index (χ0v) is 13.8. The van der Waals surface area contributed by atoms with Gasteiger partial charge in [-0.05, 0) is 51.0 Å². The Hall–Kier alpha value is -2.14. The van der Waals surface area contributed by atoms with E-state index in [1.165, 1.54) is 11.3 Å². The Morgan fingerprint density at radius 1 is 1.32 bits per heavy atom. The summed E-state index contributed by atoms with van der Waals surface area (Å²) in [4.78, 5) is 24.9. The van der Waals surface area contributed by atoms with Crippen LogP contribution in [0, 0.1) is 13.8 Å². The Kier molecular flexibility index (Phi) is 3.53. The Bertz CT molecular complexity index is 917. The fourth-order valence-electron chi connectivity index (χ4n) is 2.81. The first-order valence-corrected chi connectivity index (χ1v) is 7.99. The molecule has 114 valence electrons. The lowest BCUT2D eigenvalue weighted by Gasteiger charge is -2.03. The van der Waals surface area contributed by atoms with Crippen LogP contribution in [0.1, 0.15) is 45.0 Å². The number of aryl methyl sites for hydroxylation is 2. The molecule has 0 aliphatic rings. The van der Waals surface area contributed by atoms with Gasteiger partial charge in [0.05, 0.1) is 27.2 Å². The van der Waals surface area contributed by atoms with Gasteiger partial charge in [0.15, 0.2) is 5.78 Å². The van der Waals surface area contributed by atoms with E-state index in [2.05, 4.69) is 0 Å². The number of pyridine rings is 1. The van der Waals surface area contributed by atoms with Crippen LogP contribution in [0.4, 0.5) is 0 Å². The van der Waals surface area contributed by atoms with E-state index in [1.807, 2.05) is 36.6 Å². The van der Waals surface area contributed by atoms with Crippen LogP contribution in [0.15, 0.2) is 18.3 Å². The predicted octanol–water partition coefficient (Wildman–Crippen LogP) is 4.15. The fraction of sp³-hybridized carbons (Fsp3) is 0.294. The minimum atomic E-state index is -0.336. The molecule has 3 aromatic heterocycles. The first-order valence-electron chi connectivity index (χ1n) is 7.17. The third-order valence-electron chi connectivity index (χ3n) is 3.75. The molecular weight excluding hydrogens is 298 g/mol. The lowest BCUT2D eigenvalue weighted by atomic mass is 10.2. The van der Waals surface area contributed by atoms with Crippen LogP contribution < -0.4 is 0 Å². The van der Waals surface area contributed by atoms with Gasteiger partial charge in [-0.1, -0.05) is 0 Å². The number of ether oxygens (including phenoxy) is 1. The van der Waals surface area contributed by atoms with E-state index in [-0.39, 0.29) is 11.8 Å². The van der Waals surface area contributed by atoms with Gasteiger partial charge in [-0.25, -0.2) is 4.79 Å². The van der Waals surface area contributed by atoms with Crippen molar-refractivity contribution in [2.45, 2.75) is 27.7 Å². The van der Waals surface area contributed by atoms with Gasteiger partial charge in [0.1, 0.15) is 5.56 Å². The van der Waals surface area contributed by atoms with E-state index in [1.54, 1.807) is 13.8 Å². The molecule has 0 radical (unpaired) electrons. The van der Waals surface area contributed by atoms with Crippen molar-refractivity contribution in [1.29, 1.82) is 0 Å². The van der Waals surface area contributed by atoms with E-state index in [0.29, 0.717) is 17.0 Å². The molecule has 0 fully saturated rings. The highest BCUT2D eigenvalue weighted by atomic mass is 32.1. The zero-order chi connectivity index (χ0) is 16.0. The fourth-order valence-corrected chi connectivity index (χ4v) is 4.05. The highest BCUT2D eigenvalue weighted by Crippen LogP contribution is 2.38. The highest BCUT2D eigenvalue weighted by molar-refractivity contribution is 7.21. The van der Waals surface area contributed by atoms with Crippen molar-refractivity contribution in [3.05, 3.63) is 39.9 Å². The van der Waals surface area contributed by atoms with Gasteiger partial charge in [-0.15, -0.1) is 11.3 Å². The number of carbonyl (C=O) groups excluding carboxylic acids is 2. The summed E-state index contributed by atoms with van der Waals surface area (Å²) in [6.45, 7) is 7.59. The summed E-state index contributed by atoms with van der Waals surface area (Å²) < 4.78 is 8.03. The molecule has 0 atom stereocenters. The highest BCUT2D eigenvalue weighted by Gasteiger charge is 2.25. The maximum atomic E-state index is 12.4. The van der Waals surface area contributed by atoms with Gasteiger partial charge in [-0.2, -0.15) is 0 Å². The smallest absolute Gasteiger partial charge is 0.341 e. The molecule has 4 nitrogen and oxygen atoms in total. The molecule has 3 aromatic rings. The average Bonchev–Trinajstić information content (AvgIpc) is 2.93.